The van der Waals surface area contributed by atoms with Crippen molar-refractivity contribution in [2.45, 2.75) is 38.8 Å². The normalized spacial score (nSPS) is 16.9. The van der Waals surface area contributed by atoms with Gasteiger partial charge in [0.05, 0.1) is 12.6 Å². The summed E-state index contributed by atoms with van der Waals surface area (Å²) in [5, 5.41) is 2.12. The van der Waals surface area contributed by atoms with E-state index >= 15 is 0 Å². The van der Waals surface area contributed by atoms with Gasteiger partial charge in [0.15, 0.2) is 0 Å². The SMILES string of the molecule is Cc1ccsc1CN(C)CC(=O)N(C)C1CCCc2ccccc21. The molecule has 0 radical (unpaired) electrons. The van der Waals surface area contributed by atoms with Crippen molar-refractivity contribution in [3.8, 4) is 0 Å². The maximum Gasteiger partial charge on any atom is 0.237 e. The van der Waals surface area contributed by atoms with E-state index in [2.05, 4.69) is 47.5 Å². The van der Waals surface area contributed by atoms with Gasteiger partial charge in [-0.25, -0.2) is 0 Å². The summed E-state index contributed by atoms with van der Waals surface area (Å²) < 4.78 is 0. The van der Waals surface area contributed by atoms with Gasteiger partial charge in [-0.1, -0.05) is 24.3 Å². The fourth-order valence-electron chi connectivity index (χ4n) is 3.51. The minimum Gasteiger partial charge on any atom is -0.338 e. The predicted octanol–water partition coefficient (Wildman–Crippen LogP) is 4.02. The van der Waals surface area contributed by atoms with E-state index in [1.807, 2.05) is 19.0 Å². The topological polar surface area (TPSA) is 23.6 Å². The van der Waals surface area contributed by atoms with Gasteiger partial charge < -0.3 is 4.90 Å². The molecule has 1 aliphatic rings. The molecule has 0 saturated carbocycles. The van der Waals surface area contributed by atoms with E-state index in [1.54, 1.807) is 11.3 Å². The fourth-order valence-corrected chi connectivity index (χ4v) is 4.50. The molecule has 3 rings (SSSR count). The van der Waals surface area contributed by atoms with Gasteiger partial charge in [-0.3, -0.25) is 9.69 Å². The number of nitrogens with zero attached hydrogens (tertiary/aromatic N) is 2. The summed E-state index contributed by atoms with van der Waals surface area (Å²) in [5.74, 6) is 0.202. The van der Waals surface area contributed by atoms with E-state index in [9.17, 15) is 4.79 Å². The third-order valence-electron chi connectivity index (χ3n) is 4.99. The summed E-state index contributed by atoms with van der Waals surface area (Å²) >= 11 is 1.77. The van der Waals surface area contributed by atoms with Crippen LogP contribution >= 0.6 is 11.3 Å². The van der Waals surface area contributed by atoms with Crippen LogP contribution in [-0.4, -0.2) is 36.3 Å². The molecule has 1 atom stereocenters. The van der Waals surface area contributed by atoms with Crippen molar-refractivity contribution in [1.82, 2.24) is 9.80 Å². The summed E-state index contributed by atoms with van der Waals surface area (Å²) in [5.41, 5.74) is 4.04. The largest absolute Gasteiger partial charge is 0.338 e. The van der Waals surface area contributed by atoms with Gasteiger partial charge in [-0.05, 0) is 61.4 Å². The highest BCUT2D eigenvalue weighted by atomic mass is 32.1. The van der Waals surface area contributed by atoms with Crippen LogP contribution in [0.3, 0.4) is 0 Å². The van der Waals surface area contributed by atoms with Crippen molar-refractivity contribution < 1.29 is 4.79 Å². The van der Waals surface area contributed by atoms with Crippen molar-refractivity contribution in [3.05, 3.63) is 57.3 Å². The van der Waals surface area contributed by atoms with E-state index in [1.165, 1.54) is 21.6 Å². The lowest BCUT2D eigenvalue weighted by atomic mass is 9.87. The first-order valence-electron chi connectivity index (χ1n) is 8.61. The molecule has 0 fully saturated rings. The van der Waals surface area contributed by atoms with Crippen LogP contribution in [0.25, 0.3) is 0 Å². The first-order chi connectivity index (χ1) is 11.6. The van der Waals surface area contributed by atoms with Crippen LogP contribution in [0.4, 0.5) is 0 Å². The maximum absolute atomic E-state index is 12.8. The van der Waals surface area contributed by atoms with Gasteiger partial charge in [0.1, 0.15) is 0 Å². The molecule has 0 saturated heterocycles. The molecule has 1 aromatic carbocycles. The van der Waals surface area contributed by atoms with Crippen LogP contribution in [-0.2, 0) is 17.8 Å². The molecular weight excluding hydrogens is 316 g/mol. The molecule has 0 aliphatic heterocycles. The Bertz CT molecular complexity index is 709. The number of fused-ring (bicyclic) bond motifs is 1. The third-order valence-corrected chi connectivity index (χ3v) is 5.99. The van der Waals surface area contributed by atoms with Crippen molar-refractivity contribution >= 4 is 17.2 Å². The van der Waals surface area contributed by atoms with Gasteiger partial charge in [-0.15, -0.1) is 11.3 Å². The summed E-state index contributed by atoms with van der Waals surface area (Å²) in [4.78, 5) is 18.2. The Labute approximate surface area is 148 Å². The number of amides is 1. The Kier molecular flexibility index (Phi) is 5.36. The lowest BCUT2D eigenvalue weighted by molar-refractivity contribution is -0.133. The zero-order chi connectivity index (χ0) is 17.1. The zero-order valence-corrected chi connectivity index (χ0v) is 15.6. The highest BCUT2D eigenvalue weighted by molar-refractivity contribution is 7.10. The van der Waals surface area contributed by atoms with Crippen LogP contribution in [0.2, 0.25) is 0 Å². The van der Waals surface area contributed by atoms with E-state index in [4.69, 9.17) is 0 Å². The fraction of sp³-hybridized carbons (Fsp3) is 0.450. The van der Waals surface area contributed by atoms with E-state index in [0.717, 1.165) is 25.8 Å². The molecule has 0 spiro atoms. The lowest BCUT2D eigenvalue weighted by Gasteiger charge is -2.34. The lowest BCUT2D eigenvalue weighted by Crippen LogP contribution is -2.39. The monoisotopic (exact) mass is 342 g/mol. The molecule has 1 unspecified atom stereocenters. The number of aryl methyl sites for hydroxylation is 2. The van der Waals surface area contributed by atoms with Crippen LogP contribution < -0.4 is 0 Å². The number of hydrogen-bond acceptors (Lipinski definition) is 3. The second kappa shape index (κ2) is 7.49. The van der Waals surface area contributed by atoms with Gasteiger partial charge >= 0.3 is 0 Å². The summed E-state index contributed by atoms with van der Waals surface area (Å²) in [6.07, 6.45) is 3.35. The summed E-state index contributed by atoms with van der Waals surface area (Å²) in [6, 6.07) is 10.9. The van der Waals surface area contributed by atoms with Crippen LogP contribution in [0.15, 0.2) is 35.7 Å². The number of carbonyl (C=O) groups excluding carboxylic acids is 1. The van der Waals surface area contributed by atoms with Gasteiger partial charge in [0.2, 0.25) is 5.91 Å². The quantitative estimate of drug-likeness (QED) is 0.819. The minimum atomic E-state index is 0.202. The van der Waals surface area contributed by atoms with E-state index in [0.29, 0.717) is 6.54 Å². The smallest absolute Gasteiger partial charge is 0.237 e. The van der Waals surface area contributed by atoms with Crippen LogP contribution in [0.1, 0.15) is 40.5 Å². The first kappa shape index (κ1) is 17.2. The van der Waals surface area contributed by atoms with Gasteiger partial charge in [0.25, 0.3) is 0 Å². The van der Waals surface area contributed by atoms with Crippen molar-refractivity contribution in [3.63, 3.8) is 0 Å². The molecule has 1 aromatic heterocycles. The standard InChI is InChI=1S/C20H26N2OS/c1-15-11-12-24-19(15)13-21(2)14-20(23)22(3)18-10-6-8-16-7-4-5-9-17(16)18/h4-5,7,9,11-12,18H,6,8,10,13-14H2,1-3H3. The Morgan fingerprint density at radius 1 is 1.25 bits per heavy atom. The average molecular weight is 343 g/mol. The Hall–Kier alpha value is -1.65. The minimum absolute atomic E-state index is 0.202. The molecule has 0 N–H and O–H groups in total. The van der Waals surface area contributed by atoms with Crippen LogP contribution in [0.5, 0.6) is 0 Å². The molecule has 24 heavy (non-hydrogen) atoms. The van der Waals surface area contributed by atoms with E-state index < -0.39 is 0 Å². The number of hydrogen-bond donors (Lipinski definition) is 0. The van der Waals surface area contributed by atoms with Gasteiger partial charge in [-0.2, -0.15) is 0 Å². The number of likely N-dealkylation sites (N-methyl/N-ethyl adjacent to an activating group) is 2. The first-order valence-corrected chi connectivity index (χ1v) is 9.49. The number of thiophene rings is 1. The zero-order valence-electron chi connectivity index (χ0n) is 14.8. The third kappa shape index (κ3) is 3.70. The molecule has 0 bridgehead atoms. The molecule has 2 aromatic rings. The molecule has 4 heteroatoms. The predicted molar refractivity (Wildman–Crippen MR) is 100 cm³/mol. The van der Waals surface area contributed by atoms with Crippen molar-refractivity contribution in [2.24, 2.45) is 0 Å². The Balaban J connectivity index is 1.64. The number of rotatable bonds is 5. The number of benzene rings is 1. The second-order valence-corrected chi connectivity index (χ2v) is 7.81. The number of carbonyl (C=O) groups is 1. The van der Waals surface area contributed by atoms with Crippen molar-refractivity contribution in [1.29, 1.82) is 0 Å². The average Bonchev–Trinajstić information content (AvgIpc) is 2.98. The van der Waals surface area contributed by atoms with E-state index in [-0.39, 0.29) is 11.9 Å². The molecular formula is C20H26N2OS. The maximum atomic E-state index is 12.8. The van der Waals surface area contributed by atoms with Gasteiger partial charge in [0, 0.05) is 18.5 Å². The summed E-state index contributed by atoms with van der Waals surface area (Å²) in [6.45, 7) is 3.43. The molecule has 1 amide bonds. The molecule has 1 heterocycles. The molecule has 1 aliphatic carbocycles. The van der Waals surface area contributed by atoms with Crippen LogP contribution in [0, 0.1) is 6.92 Å². The Morgan fingerprint density at radius 3 is 2.79 bits per heavy atom. The highest BCUT2D eigenvalue weighted by Crippen LogP contribution is 2.33. The molecule has 128 valence electrons. The Morgan fingerprint density at radius 2 is 2.04 bits per heavy atom. The molecule has 3 nitrogen and oxygen atoms in total. The van der Waals surface area contributed by atoms with Crippen molar-refractivity contribution in [2.75, 3.05) is 20.6 Å². The second-order valence-electron chi connectivity index (χ2n) is 6.81. The highest BCUT2D eigenvalue weighted by Gasteiger charge is 2.26. The summed E-state index contributed by atoms with van der Waals surface area (Å²) in [7, 11) is 3.99.